The SMILES string of the molecule is COC(=O)[C@H](C)NC(=O)C(C(C)C)n1nnc(-c2ccccc2)n1. The van der Waals surface area contributed by atoms with E-state index in [1.807, 2.05) is 44.2 Å². The van der Waals surface area contributed by atoms with Gasteiger partial charge in [-0.1, -0.05) is 44.2 Å². The van der Waals surface area contributed by atoms with Crippen LogP contribution < -0.4 is 5.32 Å². The number of nitrogens with zero attached hydrogens (tertiary/aromatic N) is 4. The first-order valence-corrected chi connectivity index (χ1v) is 7.67. The van der Waals surface area contributed by atoms with E-state index in [-0.39, 0.29) is 11.8 Å². The first-order valence-electron chi connectivity index (χ1n) is 7.67. The number of esters is 1. The van der Waals surface area contributed by atoms with Crippen LogP contribution in [0, 0.1) is 5.92 Å². The molecule has 0 saturated heterocycles. The number of amides is 1. The minimum Gasteiger partial charge on any atom is -0.467 e. The van der Waals surface area contributed by atoms with Crippen LogP contribution in [0.4, 0.5) is 0 Å². The number of aromatic nitrogens is 4. The van der Waals surface area contributed by atoms with Crippen molar-refractivity contribution in [3.05, 3.63) is 30.3 Å². The van der Waals surface area contributed by atoms with Gasteiger partial charge in [0, 0.05) is 5.56 Å². The van der Waals surface area contributed by atoms with Gasteiger partial charge in [-0.25, -0.2) is 4.79 Å². The number of rotatable bonds is 6. The predicted molar refractivity (Wildman–Crippen MR) is 86.7 cm³/mol. The Morgan fingerprint density at radius 2 is 1.83 bits per heavy atom. The van der Waals surface area contributed by atoms with Gasteiger partial charge in [-0.2, -0.15) is 4.80 Å². The van der Waals surface area contributed by atoms with E-state index in [1.54, 1.807) is 6.92 Å². The van der Waals surface area contributed by atoms with E-state index in [9.17, 15) is 9.59 Å². The fourth-order valence-corrected chi connectivity index (χ4v) is 2.25. The third-order valence-corrected chi connectivity index (χ3v) is 3.52. The highest BCUT2D eigenvalue weighted by Crippen LogP contribution is 2.19. The molecule has 1 unspecified atom stereocenters. The monoisotopic (exact) mass is 331 g/mol. The van der Waals surface area contributed by atoms with Gasteiger partial charge in [-0.3, -0.25) is 4.79 Å². The predicted octanol–water partition coefficient (Wildman–Crippen LogP) is 1.21. The first-order chi connectivity index (χ1) is 11.4. The maximum Gasteiger partial charge on any atom is 0.328 e. The summed E-state index contributed by atoms with van der Waals surface area (Å²) in [6, 6.07) is 7.95. The van der Waals surface area contributed by atoms with Crippen LogP contribution >= 0.6 is 0 Å². The summed E-state index contributed by atoms with van der Waals surface area (Å²) in [5.74, 6) is -0.523. The molecule has 1 aromatic carbocycles. The number of tetrazole rings is 1. The molecular formula is C16H21N5O3. The fraction of sp³-hybridized carbons (Fsp3) is 0.438. The summed E-state index contributed by atoms with van der Waals surface area (Å²) in [6.45, 7) is 5.31. The second kappa shape index (κ2) is 7.67. The van der Waals surface area contributed by atoms with Crippen molar-refractivity contribution in [2.24, 2.45) is 5.92 Å². The molecule has 0 saturated carbocycles. The van der Waals surface area contributed by atoms with Gasteiger partial charge in [0.25, 0.3) is 0 Å². The van der Waals surface area contributed by atoms with E-state index < -0.39 is 18.1 Å². The van der Waals surface area contributed by atoms with E-state index in [4.69, 9.17) is 0 Å². The molecule has 0 bridgehead atoms. The van der Waals surface area contributed by atoms with E-state index in [0.717, 1.165) is 5.56 Å². The van der Waals surface area contributed by atoms with Crippen molar-refractivity contribution >= 4 is 11.9 Å². The molecule has 1 heterocycles. The zero-order valence-corrected chi connectivity index (χ0v) is 14.1. The van der Waals surface area contributed by atoms with Gasteiger partial charge in [0.15, 0.2) is 6.04 Å². The fourth-order valence-electron chi connectivity index (χ4n) is 2.25. The molecule has 1 amide bonds. The lowest BCUT2D eigenvalue weighted by atomic mass is 10.0. The molecule has 8 heteroatoms. The molecule has 2 atom stereocenters. The van der Waals surface area contributed by atoms with Crippen molar-refractivity contribution in [3.63, 3.8) is 0 Å². The summed E-state index contributed by atoms with van der Waals surface area (Å²) in [7, 11) is 1.27. The molecule has 24 heavy (non-hydrogen) atoms. The molecule has 0 aliphatic rings. The van der Waals surface area contributed by atoms with Crippen LogP contribution in [-0.2, 0) is 14.3 Å². The zero-order chi connectivity index (χ0) is 17.7. The van der Waals surface area contributed by atoms with Crippen molar-refractivity contribution in [1.82, 2.24) is 25.5 Å². The van der Waals surface area contributed by atoms with Crippen molar-refractivity contribution in [2.75, 3.05) is 7.11 Å². The van der Waals surface area contributed by atoms with Crippen LogP contribution in [0.15, 0.2) is 30.3 Å². The van der Waals surface area contributed by atoms with Crippen LogP contribution in [-0.4, -0.2) is 45.2 Å². The Morgan fingerprint density at radius 1 is 1.17 bits per heavy atom. The van der Waals surface area contributed by atoms with Gasteiger partial charge in [-0.15, -0.1) is 10.2 Å². The molecule has 8 nitrogen and oxygen atoms in total. The van der Waals surface area contributed by atoms with Gasteiger partial charge in [-0.05, 0) is 18.1 Å². The topological polar surface area (TPSA) is 99.0 Å². The van der Waals surface area contributed by atoms with E-state index in [0.29, 0.717) is 5.82 Å². The summed E-state index contributed by atoms with van der Waals surface area (Å²) in [5, 5.41) is 14.9. The van der Waals surface area contributed by atoms with Gasteiger partial charge in [0.2, 0.25) is 11.7 Å². The molecule has 128 valence electrons. The largest absolute Gasteiger partial charge is 0.467 e. The number of carbonyl (C=O) groups is 2. The summed E-state index contributed by atoms with van der Waals surface area (Å²) in [4.78, 5) is 25.3. The second-order valence-corrected chi connectivity index (χ2v) is 5.74. The maximum absolute atomic E-state index is 12.5. The molecule has 0 radical (unpaired) electrons. The lowest BCUT2D eigenvalue weighted by molar-refractivity contribution is -0.145. The van der Waals surface area contributed by atoms with Crippen LogP contribution in [0.25, 0.3) is 11.4 Å². The summed E-state index contributed by atoms with van der Waals surface area (Å²) < 4.78 is 4.62. The Kier molecular flexibility index (Phi) is 5.62. The molecule has 0 aliphatic carbocycles. The average molecular weight is 331 g/mol. The number of methoxy groups -OCH3 is 1. The Labute approximate surface area is 140 Å². The molecule has 2 aromatic rings. The minimum atomic E-state index is -0.749. The third kappa shape index (κ3) is 3.95. The van der Waals surface area contributed by atoms with Crippen molar-refractivity contribution in [2.45, 2.75) is 32.9 Å². The van der Waals surface area contributed by atoms with E-state index in [2.05, 4.69) is 25.5 Å². The first kappa shape index (κ1) is 17.6. The van der Waals surface area contributed by atoms with Crippen LogP contribution in [0.1, 0.15) is 26.8 Å². The van der Waals surface area contributed by atoms with Crippen molar-refractivity contribution in [1.29, 1.82) is 0 Å². The van der Waals surface area contributed by atoms with Crippen LogP contribution in [0.3, 0.4) is 0 Å². The average Bonchev–Trinajstić information content (AvgIpc) is 3.04. The Morgan fingerprint density at radius 3 is 2.42 bits per heavy atom. The van der Waals surface area contributed by atoms with E-state index >= 15 is 0 Å². The van der Waals surface area contributed by atoms with Crippen molar-refractivity contribution < 1.29 is 14.3 Å². The molecule has 1 N–H and O–H groups in total. The van der Waals surface area contributed by atoms with Gasteiger partial charge < -0.3 is 10.1 Å². The number of benzene rings is 1. The summed E-state index contributed by atoms with van der Waals surface area (Å²) in [6.07, 6.45) is 0. The molecule has 0 spiro atoms. The van der Waals surface area contributed by atoms with Crippen molar-refractivity contribution in [3.8, 4) is 11.4 Å². The standard InChI is InChI=1S/C16H21N5O3/c1-10(2)13(15(22)17-11(3)16(23)24-4)21-19-14(18-20-21)12-8-6-5-7-9-12/h5-11,13H,1-4H3,(H,17,22)/t11-,13?/m0/s1. The van der Waals surface area contributed by atoms with Gasteiger partial charge in [0.05, 0.1) is 7.11 Å². The zero-order valence-electron chi connectivity index (χ0n) is 14.1. The maximum atomic E-state index is 12.5. The normalized spacial score (nSPS) is 13.4. The number of carbonyl (C=O) groups excluding carboxylic acids is 2. The Hall–Kier alpha value is -2.77. The third-order valence-electron chi connectivity index (χ3n) is 3.52. The second-order valence-electron chi connectivity index (χ2n) is 5.74. The quantitative estimate of drug-likeness (QED) is 0.799. The Bertz CT molecular complexity index is 699. The number of hydrogen-bond donors (Lipinski definition) is 1. The lowest BCUT2D eigenvalue weighted by Gasteiger charge is -2.20. The Balaban J connectivity index is 2.21. The van der Waals surface area contributed by atoms with Gasteiger partial charge >= 0.3 is 5.97 Å². The summed E-state index contributed by atoms with van der Waals surface area (Å²) >= 11 is 0. The van der Waals surface area contributed by atoms with Crippen LogP contribution in [0.2, 0.25) is 0 Å². The molecule has 0 fully saturated rings. The molecule has 1 aromatic heterocycles. The van der Waals surface area contributed by atoms with Gasteiger partial charge in [0.1, 0.15) is 6.04 Å². The number of nitrogens with one attached hydrogen (secondary N) is 1. The molecule has 2 rings (SSSR count). The smallest absolute Gasteiger partial charge is 0.328 e. The highest BCUT2D eigenvalue weighted by molar-refractivity contribution is 5.86. The molecule has 0 aliphatic heterocycles. The van der Waals surface area contributed by atoms with Crippen LogP contribution in [0.5, 0.6) is 0 Å². The summed E-state index contributed by atoms with van der Waals surface area (Å²) in [5.41, 5.74) is 0.814. The minimum absolute atomic E-state index is 0.0901. The van der Waals surface area contributed by atoms with E-state index in [1.165, 1.54) is 11.9 Å². The lowest BCUT2D eigenvalue weighted by Crippen LogP contribution is -2.44. The number of hydrogen-bond acceptors (Lipinski definition) is 6. The molecular weight excluding hydrogens is 310 g/mol. The highest BCUT2D eigenvalue weighted by atomic mass is 16.5. The highest BCUT2D eigenvalue weighted by Gasteiger charge is 2.29. The number of ether oxygens (including phenoxy) is 1.